The number of aryl methyl sites for hydroxylation is 1. The molecule has 2 aromatic carbocycles. The lowest BCUT2D eigenvalue weighted by Gasteiger charge is -2.36. The van der Waals surface area contributed by atoms with E-state index in [1.807, 2.05) is 36.1 Å². The molecule has 0 amide bonds. The predicted octanol–water partition coefficient (Wildman–Crippen LogP) is 3.22. The van der Waals surface area contributed by atoms with E-state index in [-0.39, 0.29) is 10.9 Å². The van der Waals surface area contributed by atoms with E-state index in [4.69, 9.17) is 11.6 Å². The minimum Gasteiger partial charge on any atom is -0.282 e. The minimum atomic E-state index is -3.54. The van der Waals surface area contributed by atoms with Crippen LogP contribution in [0, 0.1) is 18.3 Å². The van der Waals surface area contributed by atoms with Gasteiger partial charge in [0.1, 0.15) is 6.04 Å². The van der Waals surface area contributed by atoms with Crippen molar-refractivity contribution >= 4 is 21.6 Å². The summed E-state index contributed by atoms with van der Waals surface area (Å²) in [6, 6.07) is 16.1. The first-order valence-corrected chi connectivity index (χ1v) is 10.2. The lowest BCUT2D eigenvalue weighted by atomic mass is 10.0. The quantitative estimate of drug-likeness (QED) is 0.805. The van der Waals surface area contributed by atoms with Crippen LogP contribution >= 0.6 is 11.6 Å². The maximum atomic E-state index is 12.8. The fraction of sp³-hybridized carbons (Fsp3) is 0.316. The Bertz CT molecular complexity index is 897. The lowest BCUT2D eigenvalue weighted by Crippen LogP contribution is -2.49. The standard InChI is InChI=1S/C19H20ClN3O2S/c1-15-2-4-16(5-3-15)19(14-21)22-10-12-23(13-11-22)26(24,25)18-8-6-17(20)7-9-18/h2-9,19H,10-13H2,1H3. The molecule has 7 heteroatoms. The molecule has 26 heavy (non-hydrogen) atoms. The van der Waals surface area contributed by atoms with E-state index >= 15 is 0 Å². The van der Waals surface area contributed by atoms with Crippen molar-refractivity contribution in [1.82, 2.24) is 9.21 Å². The molecule has 0 aliphatic carbocycles. The van der Waals surface area contributed by atoms with Gasteiger partial charge >= 0.3 is 0 Å². The summed E-state index contributed by atoms with van der Waals surface area (Å²) < 4.78 is 27.0. The molecule has 1 aliphatic heterocycles. The lowest BCUT2D eigenvalue weighted by molar-refractivity contribution is 0.162. The number of sulfonamides is 1. The van der Waals surface area contributed by atoms with E-state index in [1.165, 1.54) is 16.4 Å². The van der Waals surface area contributed by atoms with Gasteiger partial charge in [0, 0.05) is 31.2 Å². The molecule has 1 aliphatic rings. The molecular weight excluding hydrogens is 370 g/mol. The van der Waals surface area contributed by atoms with Gasteiger partial charge < -0.3 is 0 Å². The first kappa shape index (κ1) is 18.9. The van der Waals surface area contributed by atoms with E-state index in [1.54, 1.807) is 12.1 Å². The highest BCUT2D eigenvalue weighted by Crippen LogP contribution is 2.25. The van der Waals surface area contributed by atoms with E-state index in [2.05, 4.69) is 6.07 Å². The molecule has 0 N–H and O–H groups in total. The van der Waals surface area contributed by atoms with Crippen molar-refractivity contribution in [3.8, 4) is 6.07 Å². The summed E-state index contributed by atoms with van der Waals surface area (Å²) in [6.07, 6.45) is 0. The number of piperazine rings is 1. The molecule has 1 saturated heterocycles. The number of hydrogen-bond donors (Lipinski definition) is 0. The van der Waals surface area contributed by atoms with Crippen LogP contribution in [0.25, 0.3) is 0 Å². The van der Waals surface area contributed by atoms with Gasteiger partial charge in [0.05, 0.1) is 11.0 Å². The van der Waals surface area contributed by atoms with Crippen LogP contribution in [0.4, 0.5) is 0 Å². The van der Waals surface area contributed by atoms with Crippen molar-refractivity contribution in [3.63, 3.8) is 0 Å². The van der Waals surface area contributed by atoms with Crippen LogP contribution in [0.3, 0.4) is 0 Å². The van der Waals surface area contributed by atoms with Crippen molar-refractivity contribution in [3.05, 3.63) is 64.7 Å². The number of rotatable bonds is 4. The second-order valence-corrected chi connectivity index (χ2v) is 8.71. The predicted molar refractivity (Wildman–Crippen MR) is 101 cm³/mol. The SMILES string of the molecule is Cc1ccc(C(C#N)N2CCN(S(=O)(=O)c3ccc(Cl)cc3)CC2)cc1. The summed E-state index contributed by atoms with van der Waals surface area (Å²) in [5.41, 5.74) is 2.08. The summed E-state index contributed by atoms with van der Waals surface area (Å²) in [5.74, 6) is 0. The van der Waals surface area contributed by atoms with Gasteiger partial charge in [-0.05, 0) is 36.8 Å². The highest BCUT2D eigenvalue weighted by Gasteiger charge is 2.31. The summed E-state index contributed by atoms with van der Waals surface area (Å²) in [6.45, 7) is 3.74. The second kappa shape index (κ2) is 7.77. The van der Waals surface area contributed by atoms with Crippen LogP contribution < -0.4 is 0 Å². The summed E-state index contributed by atoms with van der Waals surface area (Å²) >= 11 is 5.84. The van der Waals surface area contributed by atoms with Crippen LogP contribution in [0.1, 0.15) is 17.2 Å². The number of nitriles is 1. The molecule has 0 spiro atoms. The van der Waals surface area contributed by atoms with E-state index in [9.17, 15) is 13.7 Å². The van der Waals surface area contributed by atoms with E-state index in [0.717, 1.165) is 11.1 Å². The highest BCUT2D eigenvalue weighted by molar-refractivity contribution is 7.89. The molecule has 0 bridgehead atoms. The van der Waals surface area contributed by atoms with Crippen molar-refractivity contribution in [2.24, 2.45) is 0 Å². The summed E-state index contributed by atoms with van der Waals surface area (Å²) in [7, 11) is -3.54. The largest absolute Gasteiger partial charge is 0.282 e. The van der Waals surface area contributed by atoms with Gasteiger partial charge in [0.25, 0.3) is 0 Å². The maximum absolute atomic E-state index is 12.8. The number of halogens is 1. The Morgan fingerprint density at radius 1 is 1.00 bits per heavy atom. The molecule has 1 unspecified atom stereocenters. The Labute approximate surface area is 159 Å². The Balaban J connectivity index is 1.71. The third-order valence-electron chi connectivity index (χ3n) is 4.61. The van der Waals surface area contributed by atoms with Crippen molar-refractivity contribution in [1.29, 1.82) is 5.26 Å². The molecule has 2 aromatic rings. The van der Waals surface area contributed by atoms with Crippen LogP contribution in [0.5, 0.6) is 0 Å². The van der Waals surface area contributed by atoms with Crippen LogP contribution in [-0.2, 0) is 10.0 Å². The number of nitrogens with zero attached hydrogens (tertiary/aromatic N) is 3. The smallest absolute Gasteiger partial charge is 0.243 e. The molecule has 136 valence electrons. The molecular formula is C19H20ClN3O2S. The molecule has 0 saturated carbocycles. The average Bonchev–Trinajstić information content (AvgIpc) is 2.65. The zero-order chi connectivity index (χ0) is 18.7. The number of hydrogen-bond acceptors (Lipinski definition) is 4. The van der Waals surface area contributed by atoms with E-state index in [0.29, 0.717) is 31.2 Å². The second-order valence-electron chi connectivity index (χ2n) is 6.34. The van der Waals surface area contributed by atoms with Gasteiger partial charge in [0.2, 0.25) is 10.0 Å². The van der Waals surface area contributed by atoms with Crippen LogP contribution in [-0.4, -0.2) is 43.8 Å². The van der Waals surface area contributed by atoms with Crippen molar-refractivity contribution in [2.75, 3.05) is 26.2 Å². The van der Waals surface area contributed by atoms with Gasteiger partial charge in [-0.3, -0.25) is 4.90 Å². The molecule has 3 rings (SSSR count). The molecule has 0 aromatic heterocycles. The van der Waals surface area contributed by atoms with E-state index < -0.39 is 10.0 Å². The minimum absolute atomic E-state index is 0.241. The Kier molecular flexibility index (Phi) is 5.64. The van der Waals surface area contributed by atoms with Crippen LogP contribution in [0.15, 0.2) is 53.4 Å². The molecule has 0 radical (unpaired) electrons. The Hall–Kier alpha value is -1.91. The Morgan fingerprint density at radius 2 is 1.58 bits per heavy atom. The molecule has 5 nitrogen and oxygen atoms in total. The van der Waals surface area contributed by atoms with Crippen LogP contribution in [0.2, 0.25) is 5.02 Å². The third kappa shape index (κ3) is 3.92. The molecule has 1 heterocycles. The zero-order valence-electron chi connectivity index (χ0n) is 14.5. The monoisotopic (exact) mass is 389 g/mol. The Morgan fingerprint density at radius 3 is 2.12 bits per heavy atom. The van der Waals surface area contributed by atoms with Gasteiger partial charge in [-0.2, -0.15) is 9.57 Å². The summed E-state index contributed by atoms with van der Waals surface area (Å²) in [5, 5.41) is 10.1. The fourth-order valence-corrected chi connectivity index (χ4v) is 4.62. The highest BCUT2D eigenvalue weighted by atomic mass is 35.5. The van der Waals surface area contributed by atoms with Gasteiger partial charge in [-0.1, -0.05) is 41.4 Å². The first-order valence-electron chi connectivity index (χ1n) is 8.38. The topological polar surface area (TPSA) is 64.4 Å². The van der Waals surface area contributed by atoms with Gasteiger partial charge in [0.15, 0.2) is 0 Å². The van der Waals surface area contributed by atoms with Crippen molar-refractivity contribution < 1.29 is 8.42 Å². The van der Waals surface area contributed by atoms with Gasteiger partial charge in [-0.25, -0.2) is 8.42 Å². The normalized spacial score (nSPS) is 17.6. The first-order chi connectivity index (χ1) is 12.4. The van der Waals surface area contributed by atoms with Gasteiger partial charge in [-0.15, -0.1) is 0 Å². The summed E-state index contributed by atoms with van der Waals surface area (Å²) in [4.78, 5) is 2.27. The van der Waals surface area contributed by atoms with Crippen molar-refractivity contribution in [2.45, 2.75) is 17.9 Å². The molecule has 1 atom stereocenters. The fourth-order valence-electron chi connectivity index (χ4n) is 3.07. The zero-order valence-corrected chi connectivity index (χ0v) is 16.0. The number of benzene rings is 2. The maximum Gasteiger partial charge on any atom is 0.243 e. The molecule has 1 fully saturated rings. The third-order valence-corrected chi connectivity index (χ3v) is 6.77. The average molecular weight is 390 g/mol.